The Morgan fingerprint density at radius 2 is 1.35 bits per heavy atom. The van der Waals surface area contributed by atoms with E-state index in [1.807, 2.05) is 0 Å². The predicted molar refractivity (Wildman–Crippen MR) is 82.8 cm³/mol. The van der Waals surface area contributed by atoms with Crippen molar-refractivity contribution in [3.05, 3.63) is 35.4 Å². The van der Waals surface area contributed by atoms with E-state index < -0.39 is 7.26 Å². The first kappa shape index (κ1) is 14.7. The number of hydrogen-bond acceptors (Lipinski definition) is 0. The van der Waals surface area contributed by atoms with Crippen LogP contribution in [0.2, 0.25) is 0 Å². The molecule has 0 aliphatic carbocycles. The molecule has 0 amide bonds. The maximum atomic E-state index is 2.38. The van der Waals surface area contributed by atoms with Gasteiger partial charge in [0.15, 0.2) is 0 Å². The monoisotopic (exact) mass is 251 g/mol. The molecule has 0 atom stereocenters. The minimum Gasteiger partial charge on any atom is -0.0587 e. The molecular formula is C16H28P+. The normalized spacial score (nSPS) is 12.1. The zero-order valence-corrected chi connectivity index (χ0v) is 13.1. The van der Waals surface area contributed by atoms with Gasteiger partial charge in [-0.15, -0.1) is 0 Å². The topological polar surface area (TPSA) is 0 Å². The summed E-state index contributed by atoms with van der Waals surface area (Å²) in [5, 5.41) is 0. The number of rotatable bonds is 6. The Labute approximate surface area is 108 Å². The van der Waals surface area contributed by atoms with Gasteiger partial charge in [-0.05, 0) is 37.8 Å². The second-order valence-electron chi connectivity index (χ2n) is 5.34. The number of hydrogen-bond donors (Lipinski definition) is 0. The molecule has 0 radical (unpaired) electrons. The fourth-order valence-corrected chi connectivity index (χ4v) is 5.40. The summed E-state index contributed by atoms with van der Waals surface area (Å²) in [6.45, 7) is 11.7. The summed E-state index contributed by atoms with van der Waals surface area (Å²) in [5.74, 6) is 0.645. The molecule has 0 N–H and O–H groups in total. The van der Waals surface area contributed by atoms with Crippen LogP contribution in [-0.4, -0.2) is 18.5 Å². The Bertz CT molecular complexity index is 312. The van der Waals surface area contributed by atoms with Gasteiger partial charge < -0.3 is 0 Å². The smallest absolute Gasteiger partial charge is 0.0587 e. The molecule has 1 rings (SSSR count). The van der Waals surface area contributed by atoms with Gasteiger partial charge in [-0.25, -0.2) is 0 Å². The van der Waals surface area contributed by atoms with Crippen LogP contribution in [-0.2, 0) is 6.16 Å². The summed E-state index contributed by atoms with van der Waals surface area (Å²) in [6.07, 6.45) is 5.53. The molecule has 1 heteroatoms. The molecule has 0 unspecified atom stereocenters. The minimum atomic E-state index is -0.700. The lowest BCUT2D eigenvalue weighted by Gasteiger charge is -2.23. The van der Waals surface area contributed by atoms with E-state index in [1.54, 1.807) is 5.56 Å². The fourth-order valence-electron chi connectivity index (χ4n) is 2.40. The molecule has 0 saturated carbocycles. The highest BCUT2D eigenvalue weighted by Gasteiger charge is 2.31. The largest absolute Gasteiger partial charge is 0.0842 e. The van der Waals surface area contributed by atoms with Crippen molar-refractivity contribution in [2.75, 3.05) is 18.5 Å². The highest BCUT2D eigenvalue weighted by molar-refractivity contribution is 7.75. The van der Waals surface area contributed by atoms with Crippen LogP contribution in [0, 0.1) is 0 Å². The lowest BCUT2D eigenvalue weighted by Crippen LogP contribution is -2.06. The van der Waals surface area contributed by atoms with E-state index in [0.717, 1.165) is 0 Å². The molecule has 0 saturated heterocycles. The third kappa shape index (κ3) is 3.81. The van der Waals surface area contributed by atoms with E-state index in [2.05, 4.69) is 58.9 Å². The quantitative estimate of drug-likeness (QED) is 0.595. The van der Waals surface area contributed by atoms with Gasteiger partial charge in [0.25, 0.3) is 0 Å². The summed E-state index contributed by atoms with van der Waals surface area (Å²) in [5.41, 5.74) is 3.01. The lowest BCUT2D eigenvalue weighted by molar-refractivity contribution is 0.866. The van der Waals surface area contributed by atoms with Crippen LogP contribution in [0.15, 0.2) is 24.3 Å². The third-order valence-electron chi connectivity index (χ3n) is 4.18. The molecule has 0 aromatic heterocycles. The molecule has 1 aromatic rings. The Morgan fingerprint density at radius 1 is 0.882 bits per heavy atom. The molecule has 0 heterocycles. The van der Waals surface area contributed by atoms with E-state index in [-0.39, 0.29) is 0 Å². The first-order valence-corrected chi connectivity index (χ1v) is 9.53. The molecule has 17 heavy (non-hydrogen) atoms. The Kier molecular flexibility index (Phi) is 5.67. The molecule has 0 bridgehead atoms. The third-order valence-corrected chi connectivity index (χ3v) is 9.24. The molecule has 96 valence electrons. The average molecular weight is 251 g/mol. The first-order valence-electron chi connectivity index (χ1n) is 7.00. The van der Waals surface area contributed by atoms with Crippen LogP contribution in [0.3, 0.4) is 0 Å². The van der Waals surface area contributed by atoms with Crippen LogP contribution in [0.5, 0.6) is 0 Å². The molecular weight excluding hydrogens is 223 g/mol. The SMILES string of the molecule is CC[P+](CC)(CC)Cc1ccc(C(C)C)cc1. The van der Waals surface area contributed by atoms with Crippen LogP contribution in [0.4, 0.5) is 0 Å². The van der Waals surface area contributed by atoms with E-state index in [0.29, 0.717) is 5.92 Å². The highest BCUT2D eigenvalue weighted by Crippen LogP contribution is 2.60. The fraction of sp³-hybridized carbons (Fsp3) is 0.625. The maximum Gasteiger partial charge on any atom is 0.0842 e. The first-order chi connectivity index (χ1) is 8.06. The van der Waals surface area contributed by atoms with E-state index in [9.17, 15) is 0 Å². The van der Waals surface area contributed by atoms with Gasteiger partial charge in [-0.2, -0.15) is 0 Å². The summed E-state index contributed by atoms with van der Waals surface area (Å²) in [6, 6.07) is 9.33. The van der Waals surface area contributed by atoms with E-state index in [1.165, 1.54) is 30.2 Å². The van der Waals surface area contributed by atoms with E-state index >= 15 is 0 Å². The van der Waals surface area contributed by atoms with Crippen molar-refractivity contribution in [1.82, 2.24) is 0 Å². The summed E-state index contributed by atoms with van der Waals surface area (Å²) < 4.78 is 0. The van der Waals surface area contributed by atoms with Gasteiger partial charge in [0.05, 0.1) is 24.6 Å². The Hall–Kier alpha value is -0.350. The Morgan fingerprint density at radius 3 is 1.71 bits per heavy atom. The van der Waals surface area contributed by atoms with Crippen molar-refractivity contribution < 1.29 is 0 Å². The molecule has 0 aliphatic rings. The molecule has 0 fully saturated rings. The van der Waals surface area contributed by atoms with Crippen LogP contribution < -0.4 is 0 Å². The molecule has 0 nitrogen and oxygen atoms in total. The Balaban J connectivity index is 2.80. The van der Waals surface area contributed by atoms with Gasteiger partial charge in [-0.1, -0.05) is 38.1 Å². The van der Waals surface area contributed by atoms with Crippen LogP contribution in [0.1, 0.15) is 51.7 Å². The summed E-state index contributed by atoms with van der Waals surface area (Å²) >= 11 is 0. The van der Waals surface area contributed by atoms with E-state index in [4.69, 9.17) is 0 Å². The highest BCUT2D eigenvalue weighted by atomic mass is 31.2. The zero-order valence-electron chi connectivity index (χ0n) is 12.2. The van der Waals surface area contributed by atoms with Gasteiger partial charge in [-0.3, -0.25) is 0 Å². The van der Waals surface area contributed by atoms with Crippen molar-refractivity contribution in [2.45, 2.75) is 46.7 Å². The van der Waals surface area contributed by atoms with Gasteiger partial charge in [0.2, 0.25) is 0 Å². The van der Waals surface area contributed by atoms with Crippen molar-refractivity contribution >= 4 is 7.26 Å². The van der Waals surface area contributed by atoms with Gasteiger partial charge in [0, 0.05) is 7.26 Å². The second kappa shape index (κ2) is 6.55. The second-order valence-corrected chi connectivity index (χ2v) is 10.2. The van der Waals surface area contributed by atoms with Crippen molar-refractivity contribution in [3.8, 4) is 0 Å². The standard InChI is InChI=1S/C16H28P/c1-6-17(7-2,8-3)13-15-9-11-16(12-10-15)14(4)5/h9-12,14H,6-8,13H2,1-5H3/q+1. The maximum absolute atomic E-state index is 2.38. The number of benzene rings is 1. The summed E-state index contributed by atoms with van der Waals surface area (Å²) in [7, 11) is -0.700. The summed E-state index contributed by atoms with van der Waals surface area (Å²) in [4.78, 5) is 0. The predicted octanol–water partition coefficient (Wildman–Crippen LogP) is 5.39. The van der Waals surface area contributed by atoms with Gasteiger partial charge in [0.1, 0.15) is 0 Å². The molecule has 0 aliphatic heterocycles. The minimum absolute atomic E-state index is 0.645. The average Bonchev–Trinajstić information content (AvgIpc) is 2.37. The zero-order chi connectivity index (χ0) is 12.9. The van der Waals surface area contributed by atoms with Crippen molar-refractivity contribution in [3.63, 3.8) is 0 Å². The van der Waals surface area contributed by atoms with Crippen LogP contribution in [0.25, 0.3) is 0 Å². The van der Waals surface area contributed by atoms with Crippen molar-refractivity contribution in [1.29, 1.82) is 0 Å². The molecule has 0 spiro atoms. The molecule has 1 aromatic carbocycles. The van der Waals surface area contributed by atoms with Crippen molar-refractivity contribution in [2.24, 2.45) is 0 Å². The van der Waals surface area contributed by atoms with Crippen LogP contribution >= 0.6 is 7.26 Å². The van der Waals surface area contributed by atoms with Gasteiger partial charge >= 0.3 is 0 Å². The lowest BCUT2D eigenvalue weighted by atomic mass is 10.0.